The lowest BCUT2D eigenvalue weighted by Gasteiger charge is -2.41. The number of hydrogen-bond acceptors (Lipinski definition) is 3. The third-order valence-electron chi connectivity index (χ3n) is 6.02. The van der Waals surface area contributed by atoms with Crippen LogP contribution in [0.1, 0.15) is 36.8 Å². The quantitative estimate of drug-likeness (QED) is 0.791. The molecule has 1 atom stereocenters. The molecule has 1 aromatic rings. The van der Waals surface area contributed by atoms with E-state index in [4.69, 9.17) is 16.3 Å². The van der Waals surface area contributed by atoms with Gasteiger partial charge in [0, 0.05) is 36.3 Å². The molecule has 8 heteroatoms. The normalized spacial score (nSPS) is 22.2. The summed E-state index contributed by atoms with van der Waals surface area (Å²) in [5.41, 5.74) is 1.19. The third kappa shape index (κ3) is 4.51. The van der Waals surface area contributed by atoms with Crippen molar-refractivity contribution in [2.24, 2.45) is 5.92 Å². The molecule has 3 aliphatic rings. The highest BCUT2D eigenvalue weighted by Crippen LogP contribution is 2.32. The van der Waals surface area contributed by atoms with E-state index in [0.29, 0.717) is 30.3 Å². The van der Waals surface area contributed by atoms with Gasteiger partial charge in [-0.2, -0.15) is 0 Å². The number of ether oxygens (including phenoxy) is 1. The van der Waals surface area contributed by atoms with Gasteiger partial charge in [-0.25, -0.2) is 9.18 Å². The fourth-order valence-corrected chi connectivity index (χ4v) is 4.27. The van der Waals surface area contributed by atoms with Gasteiger partial charge < -0.3 is 19.9 Å². The van der Waals surface area contributed by atoms with Crippen LogP contribution in [0.15, 0.2) is 12.1 Å². The number of nitrogens with zero attached hydrogens (tertiary/aromatic N) is 2. The number of halogens is 2. The lowest BCUT2D eigenvalue weighted by Crippen LogP contribution is -2.56. The monoisotopic (exact) mass is 423 g/mol. The SMILES string of the molecule is Cc1cc(CNC(=O)N(C2CC2)[C@@H]2CCCN(C(=O)C3COC3)C2)c(F)cc1Cl. The second-order valence-electron chi connectivity index (χ2n) is 8.30. The van der Waals surface area contributed by atoms with Crippen molar-refractivity contribution < 1.29 is 18.7 Å². The molecule has 1 N–H and O–H groups in total. The number of rotatable bonds is 5. The van der Waals surface area contributed by atoms with Crippen LogP contribution in [0.5, 0.6) is 0 Å². The number of benzene rings is 1. The molecular weight excluding hydrogens is 397 g/mol. The summed E-state index contributed by atoms with van der Waals surface area (Å²) in [5.74, 6) is -0.320. The van der Waals surface area contributed by atoms with Crippen LogP contribution in [0.2, 0.25) is 5.02 Å². The number of carbonyl (C=O) groups excluding carboxylic acids is 2. The highest BCUT2D eigenvalue weighted by Gasteiger charge is 2.41. The molecular formula is C21H27ClFN3O3. The molecule has 4 rings (SSSR count). The van der Waals surface area contributed by atoms with E-state index in [0.717, 1.165) is 37.8 Å². The van der Waals surface area contributed by atoms with Crippen LogP contribution in [0.25, 0.3) is 0 Å². The molecule has 2 aliphatic heterocycles. The zero-order valence-electron chi connectivity index (χ0n) is 16.6. The minimum Gasteiger partial charge on any atom is -0.380 e. The molecule has 2 heterocycles. The Morgan fingerprint density at radius 3 is 2.69 bits per heavy atom. The zero-order valence-corrected chi connectivity index (χ0v) is 17.4. The molecule has 1 aromatic carbocycles. The molecule has 1 aliphatic carbocycles. The molecule has 2 saturated heterocycles. The maximum Gasteiger partial charge on any atom is 0.318 e. The number of carbonyl (C=O) groups is 2. The van der Waals surface area contributed by atoms with E-state index in [1.54, 1.807) is 6.07 Å². The van der Waals surface area contributed by atoms with E-state index in [1.165, 1.54) is 6.07 Å². The standard InChI is InChI=1S/C21H27ClFN3O3/c1-13-7-14(19(23)8-18(13)22)9-24-21(28)26(16-4-5-16)17-3-2-6-25(10-17)20(27)15-11-29-12-15/h7-8,15-17H,2-6,9-12H2,1H3,(H,24,28)/t17-/m1/s1. The Bertz CT molecular complexity index is 798. The summed E-state index contributed by atoms with van der Waals surface area (Å²) in [5, 5.41) is 3.25. The first-order valence-electron chi connectivity index (χ1n) is 10.3. The highest BCUT2D eigenvalue weighted by atomic mass is 35.5. The molecule has 3 amide bonds. The Labute approximate surface area is 175 Å². The highest BCUT2D eigenvalue weighted by molar-refractivity contribution is 6.31. The van der Waals surface area contributed by atoms with Crippen molar-refractivity contribution in [3.63, 3.8) is 0 Å². The molecule has 29 heavy (non-hydrogen) atoms. The Morgan fingerprint density at radius 1 is 1.28 bits per heavy atom. The van der Waals surface area contributed by atoms with Crippen molar-refractivity contribution in [1.82, 2.24) is 15.1 Å². The number of urea groups is 1. The second-order valence-corrected chi connectivity index (χ2v) is 8.71. The van der Waals surface area contributed by atoms with Gasteiger partial charge in [0.1, 0.15) is 5.82 Å². The topological polar surface area (TPSA) is 61.9 Å². The Hall–Kier alpha value is -1.86. The summed E-state index contributed by atoms with van der Waals surface area (Å²) >= 11 is 5.95. The van der Waals surface area contributed by atoms with Crippen molar-refractivity contribution in [3.8, 4) is 0 Å². The summed E-state index contributed by atoms with van der Waals surface area (Å²) in [7, 11) is 0. The van der Waals surface area contributed by atoms with Crippen molar-refractivity contribution in [1.29, 1.82) is 0 Å². The number of nitrogens with one attached hydrogen (secondary N) is 1. The van der Waals surface area contributed by atoms with Crippen LogP contribution < -0.4 is 5.32 Å². The maximum atomic E-state index is 14.2. The fourth-order valence-electron chi connectivity index (χ4n) is 4.12. The molecule has 1 saturated carbocycles. The number of likely N-dealkylation sites (tertiary alicyclic amines) is 1. The van der Waals surface area contributed by atoms with E-state index in [-0.39, 0.29) is 36.5 Å². The predicted molar refractivity (Wildman–Crippen MR) is 107 cm³/mol. The first-order valence-corrected chi connectivity index (χ1v) is 10.7. The molecule has 0 spiro atoms. The van der Waals surface area contributed by atoms with Crippen LogP contribution in [-0.4, -0.2) is 60.1 Å². The average Bonchev–Trinajstić information content (AvgIpc) is 3.47. The first-order chi connectivity index (χ1) is 13.9. The van der Waals surface area contributed by atoms with Crippen molar-refractivity contribution in [3.05, 3.63) is 34.1 Å². The van der Waals surface area contributed by atoms with Gasteiger partial charge in [-0.15, -0.1) is 0 Å². The molecule has 0 bridgehead atoms. The number of aryl methyl sites for hydroxylation is 1. The van der Waals surface area contributed by atoms with Crippen molar-refractivity contribution >= 4 is 23.5 Å². The fraction of sp³-hybridized carbons (Fsp3) is 0.619. The first kappa shape index (κ1) is 20.4. The van der Waals surface area contributed by atoms with Crippen molar-refractivity contribution in [2.45, 2.75) is 51.2 Å². The van der Waals surface area contributed by atoms with E-state index < -0.39 is 5.82 Å². The summed E-state index contributed by atoms with van der Waals surface area (Å²) in [6, 6.07) is 2.97. The third-order valence-corrected chi connectivity index (χ3v) is 6.43. The molecule has 6 nitrogen and oxygen atoms in total. The molecule has 0 unspecified atom stereocenters. The minimum atomic E-state index is -0.420. The Kier molecular flexibility index (Phi) is 5.97. The van der Waals surface area contributed by atoms with Gasteiger partial charge in [-0.05, 0) is 50.3 Å². The van der Waals surface area contributed by atoms with Gasteiger partial charge in [0.2, 0.25) is 5.91 Å². The zero-order chi connectivity index (χ0) is 20.5. The van der Waals surface area contributed by atoms with Crippen molar-refractivity contribution in [2.75, 3.05) is 26.3 Å². The van der Waals surface area contributed by atoms with Crippen LogP contribution in [-0.2, 0) is 16.1 Å². The molecule has 0 radical (unpaired) electrons. The summed E-state index contributed by atoms with van der Waals surface area (Å²) < 4.78 is 19.3. The Balaban J connectivity index is 1.40. The van der Waals surface area contributed by atoms with Gasteiger partial charge >= 0.3 is 6.03 Å². The number of amides is 3. The van der Waals surface area contributed by atoms with E-state index in [9.17, 15) is 14.0 Å². The van der Waals surface area contributed by atoms with Crippen LogP contribution in [0.3, 0.4) is 0 Å². The van der Waals surface area contributed by atoms with E-state index >= 15 is 0 Å². The van der Waals surface area contributed by atoms with Crippen LogP contribution in [0.4, 0.5) is 9.18 Å². The van der Waals surface area contributed by atoms with E-state index in [1.807, 2.05) is 16.7 Å². The summed E-state index contributed by atoms with van der Waals surface area (Å²) in [6.07, 6.45) is 3.71. The van der Waals surface area contributed by atoms with Gasteiger partial charge in [0.25, 0.3) is 0 Å². The lowest BCUT2D eigenvalue weighted by atomic mass is 10.00. The minimum absolute atomic E-state index is 0.00186. The van der Waals surface area contributed by atoms with Gasteiger partial charge in [0.15, 0.2) is 0 Å². The second kappa shape index (κ2) is 8.48. The smallest absolute Gasteiger partial charge is 0.318 e. The maximum absolute atomic E-state index is 14.2. The molecule has 3 fully saturated rings. The van der Waals surface area contributed by atoms with Crippen LogP contribution in [0, 0.1) is 18.7 Å². The summed E-state index contributed by atoms with van der Waals surface area (Å²) in [4.78, 5) is 29.3. The summed E-state index contributed by atoms with van der Waals surface area (Å²) in [6.45, 7) is 4.22. The van der Waals surface area contributed by atoms with Gasteiger partial charge in [0.05, 0.1) is 25.2 Å². The molecule has 158 valence electrons. The lowest BCUT2D eigenvalue weighted by molar-refractivity contribution is -0.151. The van der Waals surface area contributed by atoms with Crippen LogP contribution >= 0.6 is 11.6 Å². The Morgan fingerprint density at radius 2 is 2.03 bits per heavy atom. The largest absolute Gasteiger partial charge is 0.380 e. The van der Waals surface area contributed by atoms with Gasteiger partial charge in [-0.1, -0.05) is 11.6 Å². The predicted octanol–water partition coefficient (Wildman–Crippen LogP) is 3.10. The molecule has 0 aromatic heterocycles. The van der Waals surface area contributed by atoms with Gasteiger partial charge in [-0.3, -0.25) is 4.79 Å². The average molecular weight is 424 g/mol. The number of piperidine rings is 1. The van der Waals surface area contributed by atoms with E-state index in [2.05, 4.69) is 5.32 Å². The number of hydrogen-bond donors (Lipinski definition) is 1.